The minimum Gasteiger partial charge on any atom is -0.319 e. The molecule has 2 atom stereocenters. The highest BCUT2D eigenvalue weighted by atomic mass is 35.5. The average molecular weight is 329 g/mol. The zero-order valence-electron chi connectivity index (χ0n) is 10.9. The van der Waals surface area contributed by atoms with Gasteiger partial charge in [-0.05, 0) is 17.7 Å². The Labute approximate surface area is 132 Å². The molecule has 0 aliphatic rings. The molecule has 0 N–H and O–H groups in total. The van der Waals surface area contributed by atoms with E-state index >= 15 is 0 Å². The van der Waals surface area contributed by atoms with Crippen molar-refractivity contribution in [2.24, 2.45) is 0 Å². The van der Waals surface area contributed by atoms with Gasteiger partial charge in [-0.2, -0.15) is 0 Å². The molecule has 0 radical (unpaired) electrons. The molecule has 2 unspecified atom stereocenters. The quantitative estimate of drug-likeness (QED) is 0.747. The predicted octanol–water partition coefficient (Wildman–Crippen LogP) is 4.69. The molecule has 0 saturated carbocycles. The van der Waals surface area contributed by atoms with E-state index in [1.54, 1.807) is 35.4 Å². The van der Waals surface area contributed by atoms with Crippen molar-refractivity contribution in [2.45, 2.75) is 24.1 Å². The molecule has 0 aliphatic heterocycles. The van der Waals surface area contributed by atoms with Crippen molar-refractivity contribution >= 4 is 40.1 Å². The van der Waals surface area contributed by atoms with Crippen molar-refractivity contribution in [2.75, 3.05) is 0 Å². The highest BCUT2D eigenvalue weighted by molar-refractivity contribution is 8.13. The van der Waals surface area contributed by atoms with Crippen LogP contribution in [-0.4, -0.2) is 14.7 Å². The number of halogens is 2. The van der Waals surface area contributed by atoms with E-state index in [4.69, 9.17) is 23.2 Å². The zero-order valence-corrected chi connectivity index (χ0v) is 13.2. The second kappa shape index (κ2) is 7.16. The van der Waals surface area contributed by atoms with Crippen LogP contribution in [-0.2, 0) is 4.79 Å². The molecule has 0 spiro atoms. The molecule has 0 fully saturated rings. The molecule has 2 rings (SSSR count). The van der Waals surface area contributed by atoms with Gasteiger partial charge in [-0.3, -0.25) is 4.79 Å². The Morgan fingerprint density at radius 1 is 1.40 bits per heavy atom. The van der Waals surface area contributed by atoms with E-state index in [0.29, 0.717) is 11.4 Å². The first kappa shape index (κ1) is 15.4. The number of thioether (sulfide) groups is 1. The number of benzene rings is 1. The molecule has 3 nitrogen and oxygen atoms in total. The number of alkyl halides is 1. The van der Waals surface area contributed by atoms with Crippen molar-refractivity contribution in [1.29, 1.82) is 0 Å². The third-order valence-electron chi connectivity index (χ3n) is 2.81. The normalized spacial score (nSPS) is 13.9. The van der Waals surface area contributed by atoms with Gasteiger partial charge in [0, 0.05) is 23.8 Å². The second-order valence-electron chi connectivity index (χ2n) is 4.20. The third-order valence-corrected chi connectivity index (χ3v) is 5.02. The first-order valence-electron chi connectivity index (χ1n) is 6.18. The second-order valence-corrected chi connectivity index (χ2v) is 6.28. The summed E-state index contributed by atoms with van der Waals surface area (Å²) in [6, 6.07) is 7.40. The van der Waals surface area contributed by atoms with Gasteiger partial charge in [-0.1, -0.05) is 54.0 Å². The molecule has 1 aromatic carbocycles. The predicted molar refractivity (Wildman–Crippen MR) is 84.2 cm³/mol. The van der Waals surface area contributed by atoms with Crippen LogP contribution in [0.25, 0.3) is 0 Å². The summed E-state index contributed by atoms with van der Waals surface area (Å²) in [6.45, 7) is 1.84. The zero-order chi connectivity index (χ0) is 14.5. The van der Waals surface area contributed by atoms with Crippen molar-refractivity contribution in [3.05, 3.63) is 53.6 Å². The van der Waals surface area contributed by atoms with Crippen LogP contribution in [0.2, 0.25) is 5.02 Å². The number of hydrogen-bond acceptors (Lipinski definition) is 3. The Bertz CT molecular complexity index is 557. The maximum Gasteiger partial charge on any atom is 0.189 e. The molecular weight excluding hydrogens is 315 g/mol. The average Bonchev–Trinajstić information content (AvgIpc) is 2.99. The van der Waals surface area contributed by atoms with Crippen LogP contribution in [0, 0.1) is 0 Å². The SMILES string of the molecule is CCC(=O)SC(c1ccc(Cl)cc1)C(Cl)n1ccnc1. The molecule has 0 aliphatic carbocycles. The standard InChI is InChI=1S/C14H14Cl2N2OS/c1-2-12(19)20-13(10-3-5-11(15)6-4-10)14(16)18-8-7-17-9-18/h3-9,13-14H,2H2,1H3. The van der Waals surface area contributed by atoms with E-state index in [1.165, 1.54) is 11.8 Å². The molecule has 2 aromatic rings. The van der Waals surface area contributed by atoms with E-state index in [1.807, 2.05) is 19.1 Å². The number of nitrogens with zero attached hydrogens (tertiary/aromatic N) is 2. The summed E-state index contributed by atoms with van der Waals surface area (Å²) in [4.78, 5) is 15.8. The van der Waals surface area contributed by atoms with E-state index in [9.17, 15) is 4.79 Å². The van der Waals surface area contributed by atoms with Crippen molar-refractivity contribution in [3.63, 3.8) is 0 Å². The molecule has 1 heterocycles. The van der Waals surface area contributed by atoms with E-state index in [0.717, 1.165) is 5.56 Å². The summed E-state index contributed by atoms with van der Waals surface area (Å²) in [5, 5.41) is 0.583. The minimum atomic E-state index is -0.390. The van der Waals surface area contributed by atoms with Crippen LogP contribution in [0.4, 0.5) is 0 Å². The number of rotatable bonds is 5. The summed E-state index contributed by atoms with van der Waals surface area (Å²) in [5.41, 5.74) is 0.578. The van der Waals surface area contributed by atoms with Crippen LogP contribution in [0.1, 0.15) is 29.7 Å². The molecule has 106 valence electrons. The monoisotopic (exact) mass is 328 g/mol. The van der Waals surface area contributed by atoms with Gasteiger partial charge in [-0.25, -0.2) is 4.98 Å². The van der Waals surface area contributed by atoms with Crippen LogP contribution < -0.4 is 0 Å². The summed E-state index contributed by atoms with van der Waals surface area (Å²) in [5.74, 6) is 0. The smallest absolute Gasteiger partial charge is 0.189 e. The van der Waals surface area contributed by atoms with Crippen molar-refractivity contribution in [1.82, 2.24) is 9.55 Å². The first-order valence-corrected chi connectivity index (χ1v) is 7.87. The van der Waals surface area contributed by atoms with Crippen molar-refractivity contribution in [3.8, 4) is 0 Å². The number of aromatic nitrogens is 2. The lowest BCUT2D eigenvalue weighted by atomic mass is 10.1. The summed E-state index contributed by atoms with van der Waals surface area (Å²) in [7, 11) is 0. The lowest BCUT2D eigenvalue weighted by Gasteiger charge is -2.22. The van der Waals surface area contributed by atoms with Crippen molar-refractivity contribution < 1.29 is 4.79 Å². The summed E-state index contributed by atoms with van der Waals surface area (Å²) < 4.78 is 1.79. The van der Waals surface area contributed by atoms with Gasteiger partial charge in [0.05, 0.1) is 11.6 Å². The fraction of sp³-hybridized carbons (Fsp3) is 0.286. The van der Waals surface area contributed by atoms with Gasteiger partial charge < -0.3 is 4.57 Å². The number of carbonyl (C=O) groups excluding carboxylic acids is 1. The van der Waals surface area contributed by atoms with Gasteiger partial charge in [0.1, 0.15) is 5.50 Å². The summed E-state index contributed by atoms with van der Waals surface area (Å²) in [6.07, 6.45) is 5.58. The molecule has 20 heavy (non-hydrogen) atoms. The van der Waals surface area contributed by atoms with Gasteiger partial charge >= 0.3 is 0 Å². The van der Waals surface area contributed by atoms with Crippen LogP contribution in [0.15, 0.2) is 43.0 Å². The maximum atomic E-state index is 11.8. The fourth-order valence-corrected chi connectivity index (χ4v) is 3.27. The number of imidazole rings is 1. The topological polar surface area (TPSA) is 34.9 Å². The van der Waals surface area contributed by atoms with E-state index in [2.05, 4.69) is 4.98 Å². The van der Waals surface area contributed by atoms with Gasteiger partial charge in [0.2, 0.25) is 0 Å². The molecule has 0 saturated heterocycles. The van der Waals surface area contributed by atoms with Crippen LogP contribution >= 0.6 is 35.0 Å². The Morgan fingerprint density at radius 3 is 2.65 bits per heavy atom. The molecule has 1 aromatic heterocycles. The van der Waals surface area contributed by atoms with E-state index in [-0.39, 0.29) is 15.9 Å². The summed E-state index contributed by atoms with van der Waals surface area (Å²) >= 11 is 13.7. The lowest BCUT2D eigenvalue weighted by Crippen LogP contribution is -2.11. The largest absolute Gasteiger partial charge is 0.319 e. The Hall–Kier alpha value is -0.970. The third kappa shape index (κ3) is 3.78. The minimum absolute atomic E-state index is 0.107. The highest BCUT2D eigenvalue weighted by Crippen LogP contribution is 2.42. The number of hydrogen-bond donors (Lipinski definition) is 0. The lowest BCUT2D eigenvalue weighted by molar-refractivity contribution is -0.110. The maximum absolute atomic E-state index is 11.8. The molecule has 0 bridgehead atoms. The van der Waals surface area contributed by atoms with Gasteiger partial charge in [0.25, 0.3) is 0 Å². The fourth-order valence-electron chi connectivity index (χ4n) is 1.73. The van der Waals surface area contributed by atoms with Gasteiger partial charge in [-0.15, -0.1) is 0 Å². The first-order chi connectivity index (χ1) is 9.61. The van der Waals surface area contributed by atoms with E-state index < -0.39 is 0 Å². The highest BCUT2D eigenvalue weighted by Gasteiger charge is 2.25. The number of carbonyl (C=O) groups is 1. The van der Waals surface area contributed by atoms with Crippen LogP contribution in [0.3, 0.4) is 0 Å². The Morgan fingerprint density at radius 2 is 2.10 bits per heavy atom. The molecule has 0 amide bonds. The molecular formula is C14H14Cl2N2OS. The molecule has 6 heteroatoms. The van der Waals surface area contributed by atoms with Crippen LogP contribution in [0.5, 0.6) is 0 Å². The Kier molecular flexibility index (Phi) is 5.52. The van der Waals surface area contributed by atoms with Gasteiger partial charge in [0.15, 0.2) is 5.12 Å². The Balaban J connectivity index is 2.28.